The maximum Gasteiger partial charge on any atom is 0.263 e. The lowest BCUT2D eigenvalue weighted by Crippen LogP contribution is -2.17. The monoisotopic (exact) mass is 185 g/mol. The Morgan fingerprint density at radius 1 is 1.31 bits per heavy atom. The molecule has 0 fully saturated rings. The molecule has 0 aromatic heterocycles. The van der Waals surface area contributed by atoms with Gasteiger partial charge in [-0.15, -0.1) is 0 Å². The zero-order chi connectivity index (χ0) is 9.84. The Hall–Kier alpha value is -1.45. The van der Waals surface area contributed by atoms with Gasteiger partial charge in [0.15, 0.2) is 0 Å². The molecule has 1 aromatic rings. The average molecular weight is 185 g/mol. The third-order valence-electron chi connectivity index (χ3n) is 1.65. The molecular weight excluding hydrogens is 176 g/mol. The second kappa shape index (κ2) is 3.98. The Bertz CT molecular complexity index is 295. The van der Waals surface area contributed by atoms with Gasteiger partial charge in [0, 0.05) is 18.2 Å². The summed E-state index contributed by atoms with van der Waals surface area (Å²) in [6.07, 6.45) is -2.49. The summed E-state index contributed by atoms with van der Waals surface area (Å²) in [4.78, 5) is 11.0. The standard InChI is InChI=1S/C9H9F2NO/c1-12-9(13)7-4-2-6(3-5-7)8(10)11/h2-5,8H,1H3,(H,12,13). The van der Waals surface area contributed by atoms with E-state index in [1.807, 2.05) is 0 Å². The Kier molecular flexibility index (Phi) is 2.95. The maximum absolute atomic E-state index is 12.1. The minimum absolute atomic E-state index is 0.0762. The van der Waals surface area contributed by atoms with Gasteiger partial charge >= 0.3 is 0 Å². The highest BCUT2D eigenvalue weighted by molar-refractivity contribution is 5.93. The molecule has 0 aliphatic rings. The molecule has 0 bridgehead atoms. The number of hydrogen-bond donors (Lipinski definition) is 1. The molecule has 1 amide bonds. The van der Waals surface area contributed by atoms with Crippen LogP contribution in [0.25, 0.3) is 0 Å². The molecule has 0 radical (unpaired) electrons. The number of amides is 1. The van der Waals surface area contributed by atoms with Crippen LogP contribution in [0.4, 0.5) is 8.78 Å². The summed E-state index contributed by atoms with van der Waals surface area (Å²) < 4.78 is 24.2. The van der Waals surface area contributed by atoms with Crippen LogP contribution in [0.1, 0.15) is 22.3 Å². The van der Waals surface area contributed by atoms with Gasteiger partial charge in [-0.2, -0.15) is 0 Å². The largest absolute Gasteiger partial charge is 0.355 e. The Labute approximate surface area is 74.6 Å². The quantitative estimate of drug-likeness (QED) is 0.750. The first-order chi connectivity index (χ1) is 6.15. The second-order valence-electron chi connectivity index (χ2n) is 2.50. The molecule has 0 saturated heterocycles. The lowest BCUT2D eigenvalue weighted by Gasteiger charge is -2.01. The van der Waals surface area contributed by atoms with E-state index in [0.29, 0.717) is 5.56 Å². The van der Waals surface area contributed by atoms with Gasteiger partial charge in [-0.3, -0.25) is 4.79 Å². The number of carbonyl (C=O) groups is 1. The van der Waals surface area contributed by atoms with Gasteiger partial charge in [0.2, 0.25) is 0 Å². The van der Waals surface area contributed by atoms with Crippen molar-refractivity contribution < 1.29 is 13.6 Å². The summed E-state index contributed by atoms with van der Waals surface area (Å²) in [5.41, 5.74) is 0.305. The molecule has 0 spiro atoms. The number of alkyl halides is 2. The highest BCUT2D eigenvalue weighted by atomic mass is 19.3. The smallest absolute Gasteiger partial charge is 0.263 e. The Morgan fingerprint density at radius 3 is 2.23 bits per heavy atom. The molecule has 70 valence electrons. The summed E-state index contributed by atoms with van der Waals surface area (Å²) in [6, 6.07) is 5.24. The summed E-state index contributed by atoms with van der Waals surface area (Å²) >= 11 is 0. The molecule has 0 atom stereocenters. The van der Waals surface area contributed by atoms with E-state index >= 15 is 0 Å². The predicted molar refractivity (Wildman–Crippen MR) is 44.8 cm³/mol. The van der Waals surface area contributed by atoms with Gasteiger partial charge in [0.05, 0.1) is 0 Å². The first-order valence-electron chi connectivity index (χ1n) is 3.75. The molecule has 13 heavy (non-hydrogen) atoms. The zero-order valence-electron chi connectivity index (χ0n) is 7.05. The minimum Gasteiger partial charge on any atom is -0.355 e. The fourth-order valence-electron chi connectivity index (χ4n) is 0.924. The summed E-state index contributed by atoms with van der Waals surface area (Å²) in [5, 5.41) is 2.40. The molecule has 0 unspecified atom stereocenters. The number of hydrogen-bond acceptors (Lipinski definition) is 1. The van der Waals surface area contributed by atoms with Gasteiger partial charge in [-0.1, -0.05) is 12.1 Å². The third kappa shape index (κ3) is 2.24. The lowest BCUT2D eigenvalue weighted by atomic mass is 10.1. The summed E-state index contributed by atoms with van der Waals surface area (Å²) in [5.74, 6) is -0.277. The van der Waals surface area contributed by atoms with Gasteiger partial charge in [-0.05, 0) is 12.1 Å². The fraction of sp³-hybridized carbons (Fsp3) is 0.222. The van der Waals surface area contributed by atoms with Gasteiger partial charge < -0.3 is 5.32 Å². The van der Waals surface area contributed by atoms with Crippen molar-refractivity contribution in [2.24, 2.45) is 0 Å². The maximum atomic E-state index is 12.1. The molecule has 1 N–H and O–H groups in total. The van der Waals surface area contributed by atoms with Crippen molar-refractivity contribution in [2.45, 2.75) is 6.43 Å². The van der Waals surface area contributed by atoms with Crippen molar-refractivity contribution in [3.8, 4) is 0 Å². The Balaban J connectivity index is 2.87. The summed E-state index contributed by atoms with van der Waals surface area (Å²) in [6.45, 7) is 0. The van der Waals surface area contributed by atoms with E-state index < -0.39 is 6.43 Å². The highest BCUT2D eigenvalue weighted by Gasteiger charge is 2.07. The van der Waals surface area contributed by atoms with Crippen LogP contribution in [-0.4, -0.2) is 13.0 Å². The number of carbonyl (C=O) groups excluding carboxylic acids is 1. The van der Waals surface area contributed by atoms with Crippen LogP contribution in [0.15, 0.2) is 24.3 Å². The number of rotatable bonds is 2. The van der Waals surface area contributed by atoms with Gasteiger partial charge in [0.1, 0.15) is 0 Å². The van der Waals surface area contributed by atoms with Crippen molar-refractivity contribution in [2.75, 3.05) is 7.05 Å². The SMILES string of the molecule is CNC(=O)c1ccc(C(F)F)cc1. The number of benzene rings is 1. The van der Waals surface area contributed by atoms with Crippen molar-refractivity contribution in [1.29, 1.82) is 0 Å². The fourth-order valence-corrected chi connectivity index (χ4v) is 0.924. The minimum atomic E-state index is -2.49. The van der Waals surface area contributed by atoms with E-state index in [4.69, 9.17) is 0 Å². The van der Waals surface area contributed by atoms with E-state index in [1.165, 1.54) is 31.3 Å². The predicted octanol–water partition coefficient (Wildman–Crippen LogP) is 1.98. The molecule has 1 aromatic carbocycles. The third-order valence-corrected chi connectivity index (χ3v) is 1.65. The molecule has 0 aliphatic heterocycles. The van der Waals surface area contributed by atoms with E-state index in [2.05, 4.69) is 5.32 Å². The molecule has 0 aliphatic carbocycles. The lowest BCUT2D eigenvalue weighted by molar-refractivity contribution is 0.0962. The molecular formula is C9H9F2NO. The van der Waals surface area contributed by atoms with Crippen LogP contribution in [0.5, 0.6) is 0 Å². The van der Waals surface area contributed by atoms with Crippen LogP contribution in [0.3, 0.4) is 0 Å². The van der Waals surface area contributed by atoms with E-state index in [9.17, 15) is 13.6 Å². The second-order valence-corrected chi connectivity index (χ2v) is 2.50. The van der Waals surface area contributed by atoms with Crippen molar-refractivity contribution in [3.05, 3.63) is 35.4 Å². The van der Waals surface area contributed by atoms with Crippen molar-refractivity contribution in [1.82, 2.24) is 5.32 Å². The highest BCUT2D eigenvalue weighted by Crippen LogP contribution is 2.18. The van der Waals surface area contributed by atoms with E-state index in [-0.39, 0.29) is 11.5 Å². The normalized spacial score (nSPS) is 10.2. The molecule has 2 nitrogen and oxygen atoms in total. The first-order valence-corrected chi connectivity index (χ1v) is 3.75. The van der Waals surface area contributed by atoms with Crippen LogP contribution in [0.2, 0.25) is 0 Å². The zero-order valence-corrected chi connectivity index (χ0v) is 7.05. The van der Waals surface area contributed by atoms with E-state index in [1.54, 1.807) is 0 Å². The molecule has 4 heteroatoms. The Morgan fingerprint density at radius 2 is 1.85 bits per heavy atom. The topological polar surface area (TPSA) is 29.1 Å². The number of halogens is 2. The van der Waals surface area contributed by atoms with E-state index in [0.717, 1.165) is 0 Å². The van der Waals surface area contributed by atoms with Crippen molar-refractivity contribution >= 4 is 5.91 Å². The molecule has 1 rings (SSSR count). The average Bonchev–Trinajstić information content (AvgIpc) is 2.17. The van der Waals surface area contributed by atoms with Crippen LogP contribution >= 0.6 is 0 Å². The van der Waals surface area contributed by atoms with Crippen molar-refractivity contribution in [3.63, 3.8) is 0 Å². The van der Waals surface area contributed by atoms with Gasteiger partial charge in [0.25, 0.3) is 12.3 Å². The summed E-state index contributed by atoms with van der Waals surface area (Å²) in [7, 11) is 1.49. The van der Waals surface area contributed by atoms with Gasteiger partial charge in [-0.25, -0.2) is 8.78 Å². The molecule has 0 saturated carbocycles. The number of nitrogens with one attached hydrogen (secondary N) is 1. The first kappa shape index (κ1) is 9.64. The van der Waals surface area contributed by atoms with Crippen LogP contribution in [0, 0.1) is 0 Å². The molecule has 0 heterocycles. The van der Waals surface area contributed by atoms with Crippen LogP contribution in [-0.2, 0) is 0 Å². The van der Waals surface area contributed by atoms with Crippen LogP contribution < -0.4 is 5.32 Å².